The van der Waals surface area contributed by atoms with Crippen LogP contribution in [0.3, 0.4) is 0 Å². The predicted molar refractivity (Wildman–Crippen MR) is 127 cm³/mol. The van der Waals surface area contributed by atoms with E-state index in [1.54, 1.807) is 17.1 Å². The van der Waals surface area contributed by atoms with Crippen LogP contribution in [0.5, 0.6) is 0 Å². The van der Waals surface area contributed by atoms with Crippen LogP contribution in [0.2, 0.25) is 0 Å². The number of allylic oxidation sites excluding steroid dienone is 12. The minimum atomic E-state index is -0.826. The Balaban J connectivity index is 0.000000646. The van der Waals surface area contributed by atoms with Gasteiger partial charge in [-0.2, -0.15) is 0 Å². The fourth-order valence-corrected chi connectivity index (χ4v) is 5.52. The van der Waals surface area contributed by atoms with E-state index in [2.05, 4.69) is 74.1 Å². The Labute approximate surface area is 207 Å². The van der Waals surface area contributed by atoms with Crippen LogP contribution in [0.15, 0.2) is 71.9 Å². The van der Waals surface area contributed by atoms with E-state index >= 15 is 0 Å². The molecule has 0 N–H and O–H groups in total. The van der Waals surface area contributed by atoms with E-state index in [0.29, 0.717) is 0 Å². The summed E-state index contributed by atoms with van der Waals surface area (Å²) in [7, 11) is 9.87. The van der Waals surface area contributed by atoms with Crippen LogP contribution < -0.4 is 0 Å². The third kappa shape index (κ3) is 4.38. The quantitative estimate of drug-likeness (QED) is 0.354. The molecule has 10 radical (unpaired) electrons. The maximum atomic E-state index is 4.93. The molecule has 0 aliphatic heterocycles. The zero-order valence-electron chi connectivity index (χ0n) is 17.6. The molecule has 31 heavy (non-hydrogen) atoms. The zero-order valence-corrected chi connectivity index (χ0v) is 21.6. The van der Waals surface area contributed by atoms with Crippen LogP contribution in [-0.2, 0) is 20.8 Å². The van der Waals surface area contributed by atoms with E-state index in [-0.39, 0.29) is 0 Å². The van der Waals surface area contributed by atoms with Gasteiger partial charge in [0.1, 0.15) is 0 Å². The third-order valence-corrected chi connectivity index (χ3v) is 6.86. The van der Waals surface area contributed by atoms with Crippen LogP contribution in [0.25, 0.3) is 0 Å². The number of halogens is 2. The Morgan fingerprint density at radius 3 is 1.84 bits per heavy atom. The summed E-state index contributed by atoms with van der Waals surface area (Å²) in [5.41, 5.74) is 3.17. The van der Waals surface area contributed by atoms with Crippen molar-refractivity contribution in [3.8, 4) is 0 Å². The van der Waals surface area contributed by atoms with Crippen LogP contribution >= 0.6 is 17.0 Å². The van der Waals surface area contributed by atoms with Gasteiger partial charge in [-0.15, -0.1) is 0 Å². The summed E-state index contributed by atoms with van der Waals surface area (Å²) in [5, 5.41) is 0. The fourth-order valence-electron chi connectivity index (χ4n) is 5.52. The van der Waals surface area contributed by atoms with Crippen LogP contribution in [0, 0.1) is 59.7 Å². The van der Waals surface area contributed by atoms with Gasteiger partial charge in [0.05, 0.1) is 0 Å². The molecule has 6 rings (SSSR count). The van der Waals surface area contributed by atoms with Crippen molar-refractivity contribution in [3.05, 3.63) is 132 Å². The van der Waals surface area contributed by atoms with Crippen molar-refractivity contribution in [2.75, 3.05) is 0 Å². The van der Waals surface area contributed by atoms with Gasteiger partial charge < -0.3 is 0 Å². The Bertz CT molecular complexity index is 813. The standard InChI is InChI=1S/C28H24.2ClH.Zr/c1-18-15-21-16-19-7-6-8-20(19)17-28(21)22(18)13-14-27-25-11-4-2-9-23(25)24-10-3-5-12-26(24)27;;;/h2-5,9-12,15-17H,6-8,13-14H2,1H3;2*1H;/q;;;+4/p-2. The SMILES string of the molecule is C[C]1[CH][C]2C=C3CCCC3=C[C]2[C]1CC[C]1[C]2C=CC=C[C]2[C]2C=CC=C[C]21.[Cl][Zr+2][Cl]. The van der Waals surface area contributed by atoms with Gasteiger partial charge in [0.2, 0.25) is 0 Å². The normalized spacial score (nSPS) is 27.5. The summed E-state index contributed by atoms with van der Waals surface area (Å²) in [6, 6.07) is 0. The van der Waals surface area contributed by atoms with Crippen molar-refractivity contribution in [1.29, 1.82) is 0 Å². The van der Waals surface area contributed by atoms with Crippen molar-refractivity contribution in [3.63, 3.8) is 0 Å². The predicted octanol–water partition coefficient (Wildman–Crippen LogP) is 7.87. The molecule has 6 aliphatic rings. The molecule has 3 fully saturated rings. The molecule has 3 heteroatoms. The van der Waals surface area contributed by atoms with E-state index in [1.165, 1.54) is 66.6 Å². The first-order chi connectivity index (χ1) is 15.2. The first-order valence-corrected chi connectivity index (χ1v) is 17.3. The molecular weight excluding hydrogens is 498 g/mol. The summed E-state index contributed by atoms with van der Waals surface area (Å²) in [6.45, 7) is 2.29. The zero-order chi connectivity index (χ0) is 21.4. The van der Waals surface area contributed by atoms with Gasteiger partial charge in [-0.3, -0.25) is 0 Å². The van der Waals surface area contributed by atoms with Crippen molar-refractivity contribution < 1.29 is 20.8 Å². The molecule has 0 aromatic rings. The fraction of sp³-hybridized carbons (Fsp3) is 0.214. The van der Waals surface area contributed by atoms with Crippen LogP contribution in [0.4, 0.5) is 0 Å². The van der Waals surface area contributed by atoms with E-state index in [4.69, 9.17) is 17.0 Å². The second-order valence-electron chi connectivity index (χ2n) is 8.51. The topological polar surface area (TPSA) is 0 Å². The number of hydrogen-bond donors (Lipinski definition) is 0. The second-order valence-corrected chi connectivity index (χ2v) is 12.2. The van der Waals surface area contributed by atoms with Crippen molar-refractivity contribution in [2.24, 2.45) is 0 Å². The van der Waals surface area contributed by atoms with E-state index in [9.17, 15) is 0 Å². The van der Waals surface area contributed by atoms with Gasteiger partial charge in [0.15, 0.2) is 0 Å². The van der Waals surface area contributed by atoms with Gasteiger partial charge in [-0.25, -0.2) is 0 Å². The molecule has 0 amide bonds. The van der Waals surface area contributed by atoms with E-state index in [0.717, 1.165) is 12.8 Å². The summed E-state index contributed by atoms with van der Waals surface area (Å²) in [6.07, 6.45) is 31.2. The molecule has 0 spiro atoms. The summed E-state index contributed by atoms with van der Waals surface area (Å²) >= 11 is -0.826. The number of rotatable bonds is 3. The molecule has 0 unspecified atom stereocenters. The molecule has 0 atom stereocenters. The molecule has 0 bridgehead atoms. The molecule has 0 aromatic heterocycles. The number of fused-ring (bicyclic) bond motifs is 5. The Morgan fingerprint density at radius 2 is 1.23 bits per heavy atom. The van der Waals surface area contributed by atoms with Crippen molar-refractivity contribution in [1.82, 2.24) is 0 Å². The Hall–Kier alpha value is -0.0969. The maximum absolute atomic E-state index is 4.93. The Kier molecular flexibility index (Phi) is 7.34. The molecule has 152 valence electrons. The van der Waals surface area contributed by atoms with Crippen molar-refractivity contribution >= 4 is 17.0 Å². The molecular formula is C28H24Cl2Zr+2. The van der Waals surface area contributed by atoms with E-state index in [1.807, 2.05) is 0 Å². The molecule has 0 nitrogen and oxygen atoms in total. The average Bonchev–Trinajstić information content (AvgIpc) is 3.45. The van der Waals surface area contributed by atoms with E-state index < -0.39 is 20.8 Å². The summed E-state index contributed by atoms with van der Waals surface area (Å²) < 4.78 is 0. The van der Waals surface area contributed by atoms with Gasteiger partial charge >= 0.3 is 37.9 Å². The average molecular weight is 523 g/mol. The van der Waals surface area contributed by atoms with Crippen molar-refractivity contribution in [2.45, 2.75) is 39.0 Å². The second kappa shape index (κ2) is 10.0. The minimum absolute atomic E-state index is 0.826. The molecule has 3 saturated carbocycles. The molecule has 0 heterocycles. The Morgan fingerprint density at radius 1 is 0.710 bits per heavy atom. The third-order valence-electron chi connectivity index (χ3n) is 6.86. The summed E-state index contributed by atoms with van der Waals surface area (Å²) in [4.78, 5) is 0. The first-order valence-electron chi connectivity index (χ1n) is 10.9. The van der Waals surface area contributed by atoms with Gasteiger partial charge in [-0.1, -0.05) is 67.7 Å². The van der Waals surface area contributed by atoms with Gasteiger partial charge in [0, 0.05) is 35.5 Å². The summed E-state index contributed by atoms with van der Waals surface area (Å²) in [5.74, 6) is 13.1. The van der Waals surface area contributed by atoms with Gasteiger partial charge in [-0.05, 0) is 67.4 Å². The monoisotopic (exact) mass is 520 g/mol. The molecule has 0 saturated heterocycles. The van der Waals surface area contributed by atoms with Gasteiger partial charge in [0.25, 0.3) is 0 Å². The van der Waals surface area contributed by atoms with Crippen LogP contribution in [0.1, 0.15) is 39.0 Å². The first kappa shape index (κ1) is 22.7. The number of hydrogen-bond acceptors (Lipinski definition) is 0. The van der Waals surface area contributed by atoms with Crippen LogP contribution in [-0.4, -0.2) is 0 Å². The molecule has 6 aliphatic carbocycles. The molecule has 0 aromatic carbocycles.